The van der Waals surface area contributed by atoms with Crippen molar-refractivity contribution in [3.8, 4) is 0 Å². The predicted octanol–water partition coefficient (Wildman–Crippen LogP) is 0.0108. The topological polar surface area (TPSA) is 12.4 Å². The van der Waals surface area contributed by atoms with Gasteiger partial charge in [-0.3, -0.25) is 4.99 Å². The lowest BCUT2D eigenvalue weighted by Crippen LogP contribution is -1.76. The van der Waals surface area contributed by atoms with Crippen molar-refractivity contribution in [3.63, 3.8) is 0 Å². The Hall–Kier alpha value is -0.0231. The summed E-state index contributed by atoms with van der Waals surface area (Å²) in [4.78, 5) is 4.24. The number of aliphatic imine (C=N–C) groups is 1. The summed E-state index contributed by atoms with van der Waals surface area (Å²) in [6, 6.07) is 0. The molecule has 0 aromatic carbocycles. The second kappa shape index (κ2) is 3.09. The van der Waals surface area contributed by atoms with Crippen LogP contribution in [0.3, 0.4) is 0 Å². The third kappa shape index (κ3) is 1.49. The van der Waals surface area contributed by atoms with E-state index in [9.17, 15) is 0 Å². The summed E-state index contributed by atoms with van der Waals surface area (Å²) in [6.45, 7) is 1.02. The molecule has 0 fully saturated rings. The molecule has 0 atom stereocenters. The molecule has 0 bridgehead atoms. The lowest BCUT2D eigenvalue weighted by atomic mass is 10.7. The van der Waals surface area contributed by atoms with Gasteiger partial charge < -0.3 is 0 Å². The summed E-state index contributed by atoms with van der Waals surface area (Å²) >= 11 is 1.85. The van der Waals surface area contributed by atoms with Gasteiger partial charge in [-0.15, -0.1) is 17.5 Å². The first-order valence-electron chi connectivity index (χ1n) is 2.73. The van der Waals surface area contributed by atoms with E-state index in [1.165, 1.54) is 10.8 Å². The maximum Gasteiger partial charge on any atom is 0.0897 e. The van der Waals surface area contributed by atoms with Crippen LogP contribution in [0.25, 0.3) is 0 Å². The maximum absolute atomic E-state index is 4.24. The van der Waals surface area contributed by atoms with E-state index in [1.54, 1.807) is 0 Å². The Morgan fingerprint density at radius 1 is 1.75 bits per heavy atom. The molecule has 1 aliphatic rings. The van der Waals surface area contributed by atoms with Gasteiger partial charge in [0.25, 0.3) is 0 Å². The zero-order valence-corrected chi connectivity index (χ0v) is 7.74. The number of rotatable bonds is 1. The molecule has 0 aliphatic carbocycles. The molecule has 1 heterocycles. The monoisotopic (exact) mass is 143 g/mol. The maximum atomic E-state index is 4.24. The van der Waals surface area contributed by atoms with Gasteiger partial charge in [-0.25, -0.2) is 0 Å². The van der Waals surface area contributed by atoms with Crippen molar-refractivity contribution in [2.75, 3.05) is 12.3 Å². The largest absolute Gasteiger partial charge is 0.278 e. The van der Waals surface area contributed by atoms with Crippen LogP contribution in [0.15, 0.2) is 16.8 Å². The van der Waals surface area contributed by atoms with Crippen LogP contribution in [-0.2, 0) is 0 Å². The quantitative estimate of drug-likeness (QED) is 0.471. The van der Waals surface area contributed by atoms with Crippen molar-refractivity contribution in [3.05, 3.63) is 11.8 Å². The summed E-state index contributed by atoms with van der Waals surface area (Å²) in [5.74, 6) is 1.18. The van der Waals surface area contributed by atoms with Crippen molar-refractivity contribution in [1.29, 1.82) is 0 Å². The van der Waals surface area contributed by atoms with E-state index in [2.05, 4.69) is 16.8 Å². The minimum Gasteiger partial charge on any atom is -0.278 e. The molecule has 0 unspecified atom stereocenters. The highest BCUT2D eigenvalue weighted by atomic mass is 32.2. The second-order valence-electron chi connectivity index (χ2n) is 1.57. The molecule has 8 heavy (non-hydrogen) atoms. The van der Waals surface area contributed by atoms with Crippen LogP contribution in [-0.4, -0.2) is 27.6 Å². The fourth-order valence-electron chi connectivity index (χ4n) is 0.595. The smallest absolute Gasteiger partial charge is 0.0897 e. The average Bonchev–Trinajstić information content (AvgIpc) is 2.19. The molecule has 0 aromatic heterocycles. The van der Waals surface area contributed by atoms with E-state index in [1.807, 2.05) is 11.8 Å². The van der Waals surface area contributed by atoms with Crippen molar-refractivity contribution in [2.45, 2.75) is 0 Å². The molecule has 0 aromatic rings. The highest BCUT2D eigenvalue weighted by molar-refractivity contribution is 8.14. The highest BCUT2D eigenvalue weighted by Crippen LogP contribution is 2.11. The SMILES string of the molecule is [SiH3]C=CC1=NCCS1. The van der Waals surface area contributed by atoms with Gasteiger partial charge in [0, 0.05) is 22.5 Å². The number of thioether (sulfide) groups is 1. The van der Waals surface area contributed by atoms with E-state index < -0.39 is 0 Å². The third-order valence-corrected chi connectivity index (χ3v) is 2.20. The van der Waals surface area contributed by atoms with Gasteiger partial charge in [0.1, 0.15) is 0 Å². The Morgan fingerprint density at radius 2 is 2.62 bits per heavy atom. The van der Waals surface area contributed by atoms with Crippen LogP contribution in [0.1, 0.15) is 0 Å². The molecule has 0 saturated carbocycles. The highest BCUT2D eigenvalue weighted by Gasteiger charge is 2.00. The van der Waals surface area contributed by atoms with E-state index in [-0.39, 0.29) is 0 Å². The summed E-state index contributed by atoms with van der Waals surface area (Å²) in [7, 11) is 1.15. The zero-order valence-electron chi connectivity index (χ0n) is 4.92. The normalized spacial score (nSPS) is 20.2. The molecule has 1 aliphatic heterocycles. The molecule has 0 N–H and O–H groups in total. The molecule has 0 saturated heterocycles. The van der Waals surface area contributed by atoms with Crippen LogP contribution in [0, 0.1) is 0 Å². The van der Waals surface area contributed by atoms with Crippen LogP contribution in [0.2, 0.25) is 0 Å². The van der Waals surface area contributed by atoms with Crippen molar-refractivity contribution < 1.29 is 0 Å². The van der Waals surface area contributed by atoms with E-state index in [4.69, 9.17) is 0 Å². The molecular formula is C5H9NSSi. The summed E-state index contributed by atoms with van der Waals surface area (Å²) in [5.41, 5.74) is 2.16. The zero-order chi connectivity index (χ0) is 5.82. The summed E-state index contributed by atoms with van der Waals surface area (Å²) in [6.07, 6.45) is 2.11. The fraction of sp³-hybridized carbons (Fsp3) is 0.400. The fourth-order valence-corrected chi connectivity index (χ4v) is 1.96. The standard InChI is InChI=1S/C5H9NSSi/c8-4-1-5-6-2-3-7-5/h1,4H,2-3H2,8H3. The van der Waals surface area contributed by atoms with Gasteiger partial charge in [0.2, 0.25) is 0 Å². The minimum absolute atomic E-state index is 1.02. The first-order chi connectivity index (χ1) is 3.93. The molecule has 0 radical (unpaired) electrons. The minimum atomic E-state index is 1.02. The Kier molecular flexibility index (Phi) is 2.36. The van der Waals surface area contributed by atoms with Gasteiger partial charge in [-0.05, 0) is 6.08 Å². The Balaban J connectivity index is 2.45. The lowest BCUT2D eigenvalue weighted by molar-refractivity contribution is 1.18. The van der Waals surface area contributed by atoms with Gasteiger partial charge in [-0.1, -0.05) is 0 Å². The number of hydrogen-bond acceptors (Lipinski definition) is 2. The van der Waals surface area contributed by atoms with Crippen molar-refractivity contribution in [2.24, 2.45) is 4.99 Å². The Labute approximate surface area is 56.7 Å². The number of hydrogen-bond donors (Lipinski definition) is 0. The lowest BCUT2D eigenvalue weighted by Gasteiger charge is -1.82. The molecule has 3 heteroatoms. The van der Waals surface area contributed by atoms with Crippen LogP contribution in [0.5, 0.6) is 0 Å². The van der Waals surface area contributed by atoms with Gasteiger partial charge >= 0.3 is 0 Å². The van der Waals surface area contributed by atoms with Crippen LogP contribution in [0.4, 0.5) is 0 Å². The van der Waals surface area contributed by atoms with Gasteiger partial charge in [0.05, 0.1) is 5.04 Å². The molecule has 44 valence electrons. The van der Waals surface area contributed by atoms with E-state index >= 15 is 0 Å². The van der Waals surface area contributed by atoms with Crippen LogP contribution < -0.4 is 0 Å². The summed E-state index contributed by atoms with van der Waals surface area (Å²) < 4.78 is 0. The molecule has 1 nitrogen and oxygen atoms in total. The molecule has 1 rings (SSSR count). The van der Waals surface area contributed by atoms with Gasteiger partial charge in [0.15, 0.2) is 0 Å². The van der Waals surface area contributed by atoms with Gasteiger partial charge in [-0.2, -0.15) is 0 Å². The first kappa shape index (κ1) is 6.10. The number of nitrogens with zero attached hydrogens (tertiary/aromatic N) is 1. The van der Waals surface area contributed by atoms with E-state index in [0.717, 1.165) is 16.8 Å². The van der Waals surface area contributed by atoms with E-state index in [0.29, 0.717) is 0 Å². The van der Waals surface area contributed by atoms with Crippen molar-refractivity contribution >= 4 is 27.0 Å². The molecule has 0 amide bonds. The van der Waals surface area contributed by atoms with Crippen molar-refractivity contribution in [1.82, 2.24) is 0 Å². The average molecular weight is 143 g/mol. The third-order valence-electron chi connectivity index (χ3n) is 0.918. The first-order valence-corrected chi connectivity index (χ1v) is 4.87. The second-order valence-corrected chi connectivity index (χ2v) is 3.35. The predicted molar refractivity (Wildman–Crippen MR) is 43.8 cm³/mol. The molecular weight excluding hydrogens is 134 g/mol. The van der Waals surface area contributed by atoms with Crippen LogP contribution >= 0.6 is 11.8 Å². The summed E-state index contributed by atoms with van der Waals surface area (Å²) in [5, 5.41) is 1.22. The molecule has 0 spiro atoms. The Morgan fingerprint density at radius 3 is 3.12 bits per heavy atom. The Bertz CT molecular complexity index is 130.